The van der Waals surface area contributed by atoms with Crippen molar-refractivity contribution in [1.29, 1.82) is 0 Å². The van der Waals surface area contributed by atoms with Crippen molar-refractivity contribution in [2.24, 2.45) is 0 Å². The third kappa shape index (κ3) is 6.45. The van der Waals surface area contributed by atoms with E-state index in [0.29, 0.717) is 18.9 Å². The molecule has 0 bridgehead atoms. The van der Waals surface area contributed by atoms with Gasteiger partial charge < -0.3 is 24.8 Å². The van der Waals surface area contributed by atoms with Crippen LogP contribution in [0.4, 0.5) is 11.4 Å². The van der Waals surface area contributed by atoms with Crippen molar-refractivity contribution in [2.45, 2.75) is 6.54 Å². The maximum Gasteiger partial charge on any atom is 0.338 e. The number of ether oxygens (including phenoxy) is 3. The minimum Gasteiger partial charge on any atom is -0.496 e. The normalized spacial score (nSPS) is 10.2. The second kappa shape index (κ2) is 11.4. The first-order valence-electron chi connectivity index (χ1n) is 9.03. The number of nitro groups is 1. The number of methoxy groups -OCH3 is 2. The van der Waals surface area contributed by atoms with Gasteiger partial charge >= 0.3 is 5.97 Å². The molecule has 160 valence electrons. The number of para-hydroxylation sites is 1. The number of anilines is 1. The summed E-state index contributed by atoms with van der Waals surface area (Å²) in [7, 11) is 3.04. The van der Waals surface area contributed by atoms with Crippen LogP contribution in [0.15, 0.2) is 42.5 Å². The number of carbonyl (C=O) groups is 2. The fourth-order valence-corrected chi connectivity index (χ4v) is 2.56. The Hall–Kier alpha value is -3.66. The fourth-order valence-electron chi connectivity index (χ4n) is 2.56. The Bertz CT molecular complexity index is 902. The molecular formula is C20H23N3O7. The lowest BCUT2D eigenvalue weighted by Gasteiger charge is -2.10. The summed E-state index contributed by atoms with van der Waals surface area (Å²) in [6.07, 6.45) is 0. The van der Waals surface area contributed by atoms with Crippen molar-refractivity contribution in [1.82, 2.24) is 5.32 Å². The van der Waals surface area contributed by atoms with Gasteiger partial charge in [-0.1, -0.05) is 18.2 Å². The molecule has 2 rings (SSSR count). The number of nitrogens with zero attached hydrogens (tertiary/aromatic N) is 1. The summed E-state index contributed by atoms with van der Waals surface area (Å²) in [6.45, 7) is 0.418. The molecule has 0 aromatic heterocycles. The number of carbonyl (C=O) groups excluding carboxylic acids is 2. The molecule has 0 radical (unpaired) electrons. The Labute approximate surface area is 173 Å². The first-order chi connectivity index (χ1) is 14.5. The Balaban J connectivity index is 1.92. The van der Waals surface area contributed by atoms with Gasteiger partial charge in [0.1, 0.15) is 11.4 Å². The maximum atomic E-state index is 12.2. The highest BCUT2D eigenvalue weighted by Crippen LogP contribution is 2.25. The van der Waals surface area contributed by atoms with Crippen LogP contribution >= 0.6 is 0 Å². The number of esters is 1. The first-order valence-corrected chi connectivity index (χ1v) is 9.03. The second-order valence-electron chi connectivity index (χ2n) is 6.07. The van der Waals surface area contributed by atoms with E-state index in [1.54, 1.807) is 12.1 Å². The van der Waals surface area contributed by atoms with Gasteiger partial charge in [0.15, 0.2) is 6.61 Å². The molecule has 2 aromatic rings. The van der Waals surface area contributed by atoms with Crippen molar-refractivity contribution >= 4 is 23.3 Å². The zero-order valence-corrected chi connectivity index (χ0v) is 16.7. The van der Waals surface area contributed by atoms with E-state index >= 15 is 0 Å². The average molecular weight is 417 g/mol. The van der Waals surface area contributed by atoms with Crippen LogP contribution < -0.4 is 15.4 Å². The van der Waals surface area contributed by atoms with E-state index in [2.05, 4.69) is 10.6 Å². The van der Waals surface area contributed by atoms with Crippen molar-refractivity contribution in [3.63, 3.8) is 0 Å². The zero-order valence-electron chi connectivity index (χ0n) is 16.7. The van der Waals surface area contributed by atoms with E-state index in [0.717, 1.165) is 11.6 Å². The van der Waals surface area contributed by atoms with Crippen LogP contribution in [0.3, 0.4) is 0 Å². The minimum atomic E-state index is -0.839. The number of nitro benzene ring substituents is 1. The topological polar surface area (TPSA) is 129 Å². The molecule has 30 heavy (non-hydrogen) atoms. The number of hydrogen-bond acceptors (Lipinski definition) is 8. The average Bonchev–Trinajstić information content (AvgIpc) is 2.76. The van der Waals surface area contributed by atoms with Gasteiger partial charge in [0.25, 0.3) is 11.6 Å². The molecule has 0 aliphatic heterocycles. The highest BCUT2D eigenvalue weighted by molar-refractivity contribution is 5.93. The van der Waals surface area contributed by atoms with Gasteiger partial charge in [-0.25, -0.2) is 4.79 Å². The quantitative estimate of drug-likeness (QED) is 0.246. The molecular weight excluding hydrogens is 394 g/mol. The molecule has 0 aliphatic carbocycles. The van der Waals surface area contributed by atoms with Crippen molar-refractivity contribution in [3.05, 3.63) is 63.7 Å². The number of amides is 1. The first kappa shape index (κ1) is 22.6. The van der Waals surface area contributed by atoms with E-state index in [-0.39, 0.29) is 23.5 Å². The molecule has 0 atom stereocenters. The van der Waals surface area contributed by atoms with Crippen LogP contribution in [0.5, 0.6) is 5.75 Å². The van der Waals surface area contributed by atoms with Gasteiger partial charge in [0, 0.05) is 31.8 Å². The summed E-state index contributed by atoms with van der Waals surface area (Å²) in [6, 6.07) is 11.1. The number of nitrogens with one attached hydrogen (secondary N) is 2. The third-order valence-electron chi connectivity index (χ3n) is 4.05. The van der Waals surface area contributed by atoms with Crippen molar-refractivity contribution < 1.29 is 28.7 Å². The van der Waals surface area contributed by atoms with E-state index in [9.17, 15) is 19.7 Å². The lowest BCUT2D eigenvalue weighted by Crippen LogP contribution is -2.28. The summed E-state index contributed by atoms with van der Waals surface area (Å²) in [5.74, 6) is -0.725. The van der Waals surface area contributed by atoms with Crippen LogP contribution in [0.2, 0.25) is 0 Å². The molecule has 0 heterocycles. The van der Waals surface area contributed by atoms with Crippen LogP contribution in [0, 0.1) is 10.1 Å². The molecule has 2 aromatic carbocycles. The smallest absolute Gasteiger partial charge is 0.338 e. The molecule has 0 saturated heterocycles. The molecule has 1 amide bonds. The third-order valence-corrected chi connectivity index (χ3v) is 4.05. The zero-order chi connectivity index (χ0) is 21.9. The monoisotopic (exact) mass is 417 g/mol. The maximum absolute atomic E-state index is 12.2. The summed E-state index contributed by atoms with van der Waals surface area (Å²) in [5.41, 5.74) is 0.715. The Morgan fingerprint density at radius 2 is 1.90 bits per heavy atom. The van der Waals surface area contributed by atoms with Gasteiger partial charge in [0.05, 0.1) is 24.2 Å². The van der Waals surface area contributed by atoms with Gasteiger partial charge in [-0.2, -0.15) is 0 Å². The van der Waals surface area contributed by atoms with Crippen LogP contribution in [0.1, 0.15) is 15.9 Å². The molecule has 0 aliphatic rings. The molecule has 10 heteroatoms. The molecule has 0 spiro atoms. The number of hydrogen-bond donors (Lipinski definition) is 2. The molecule has 0 unspecified atom stereocenters. The van der Waals surface area contributed by atoms with E-state index in [4.69, 9.17) is 14.2 Å². The SMILES string of the molecule is COCCNc1ccc(C(=O)OCC(=O)NCc2ccccc2OC)cc1[N+](=O)[O-]. The van der Waals surface area contributed by atoms with Crippen LogP contribution in [-0.2, 0) is 20.8 Å². The van der Waals surface area contributed by atoms with E-state index < -0.39 is 23.4 Å². The number of rotatable bonds is 11. The Morgan fingerprint density at radius 1 is 1.13 bits per heavy atom. The summed E-state index contributed by atoms with van der Waals surface area (Å²) in [4.78, 5) is 34.8. The highest BCUT2D eigenvalue weighted by Gasteiger charge is 2.19. The van der Waals surface area contributed by atoms with Crippen molar-refractivity contribution in [2.75, 3.05) is 39.3 Å². The van der Waals surface area contributed by atoms with Gasteiger partial charge in [-0.05, 0) is 18.2 Å². The van der Waals surface area contributed by atoms with E-state index in [1.165, 1.54) is 26.4 Å². The largest absolute Gasteiger partial charge is 0.496 e. The molecule has 0 saturated carbocycles. The summed E-state index contributed by atoms with van der Waals surface area (Å²) in [5, 5.41) is 16.8. The van der Waals surface area contributed by atoms with Gasteiger partial charge in [-0.3, -0.25) is 14.9 Å². The van der Waals surface area contributed by atoms with Crippen LogP contribution in [0.25, 0.3) is 0 Å². The summed E-state index contributed by atoms with van der Waals surface area (Å²) < 4.78 is 15.1. The second-order valence-corrected chi connectivity index (χ2v) is 6.07. The van der Waals surface area contributed by atoms with Gasteiger partial charge in [-0.15, -0.1) is 0 Å². The lowest BCUT2D eigenvalue weighted by atomic mass is 10.1. The van der Waals surface area contributed by atoms with Crippen molar-refractivity contribution in [3.8, 4) is 5.75 Å². The lowest BCUT2D eigenvalue weighted by molar-refractivity contribution is -0.384. The molecule has 10 nitrogen and oxygen atoms in total. The predicted octanol–water partition coefficient (Wildman–Crippen LogP) is 2.13. The Morgan fingerprint density at radius 3 is 2.60 bits per heavy atom. The highest BCUT2D eigenvalue weighted by atomic mass is 16.6. The molecule has 2 N–H and O–H groups in total. The standard InChI is InChI=1S/C20H23N3O7/c1-28-10-9-21-16-8-7-14(11-17(16)23(26)27)20(25)30-13-19(24)22-12-15-5-3-4-6-18(15)29-2/h3-8,11,21H,9-10,12-13H2,1-2H3,(H,22,24). The van der Waals surface area contributed by atoms with Crippen LogP contribution in [-0.4, -0.2) is 50.8 Å². The molecule has 0 fully saturated rings. The Kier molecular flexibility index (Phi) is 8.57. The predicted molar refractivity (Wildman–Crippen MR) is 109 cm³/mol. The fraction of sp³-hybridized carbons (Fsp3) is 0.300. The van der Waals surface area contributed by atoms with Gasteiger partial charge in [0.2, 0.25) is 0 Å². The number of benzene rings is 2. The minimum absolute atomic E-state index is 0.0310. The van der Waals surface area contributed by atoms with E-state index in [1.807, 2.05) is 12.1 Å². The summed E-state index contributed by atoms with van der Waals surface area (Å²) >= 11 is 0.